The first-order valence-corrected chi connectivity index (χ1v) is 8.96. The molecule has 1 unspecified atom stereocenters. The molecule has 1 saturated heterocycles. The fourth-order valence-corrected chi connectivity index (χ4v) is 3.28. The molecule has 1 aliphatic heterocycles. The minimum absolute atomic E-state index is 0.242. The van der Waals surface area contributed by atoms with Crippen LogP contribution in [0.15, 0.2) is 42.7 Å². The Labute approximate surface area is 149 Å². The van der Waals surface area contributed by atoms with E-state index in [2.05, 4.69) is 27.0 Å². The summed E-state index contributed by atoms with van der Waals surface area (Å²) in [5.74, 6) is 0.973. The number of aromatic nitrogens is 2. The van der Waals surface area contributed by atoms with E-state index >= 15 is 0 Å². The lowest BCUT2D eigenvalue weighted by atomic mass is 10.0. The molecule has 132 valence electrons. The molecule has 25 heavy (non-hydrogen) atoms. The van der Waals surface area contributed by atoms with Gasteiger partial charge in [-0.1, -0.05) is 30.3 Å². The molecular weight excluding hydrogens is 312 g/mol. The van der Waals surface area contributed by atoms with Gasteiger partial charge in [0.2, 0.25) is 11.9 Å². The van der Waals surface area contributed by atoms with Crippen molar-refractivity contribution in [3.8, 4) is 0 Å². The quantitative estimate of drug-likeness (QED) is 0.841. The van der Waals surface area contributed by atoms with Crippen LogP contribution in [0, 0.1) is 6.92 Å². The highest BCUT2D eigenvalue weighted by atomic mass is 16.2. The maximum Gasteiger partial charge on any atom is 0.225 e. The third-order valence-electron chi connectivity index (χ3n) is 4.85. The van der Waals surface area contributed by atoms with Crippen LogP contribution in [-0.4, -0.2) is 47.0 Å². The SMILES string of the molecule is Cc1cnc(N(C)C2CCCN(C(=O)CCc3ccccc3)C2)nc1. The van der Waals surface area contributed by atoms with E-state index in [1.807, 2.05) is 49.5 Å². The zero-order valence-electron chi connectivity index (χ0n) is 15.1. The van der Waals surface area contributed by atoms with Gasteiger partial charge in [0.25, 0.3) is 0 Å². The highest BCUT2D eigenvalue weighted by Crippen LogP contribution is 2.19. The smallest absolute Gasteiger partial charge is 0.225 e. The van der Waals surface area contributed by atoms with Crippen LogP contribution in [0.3, 0.4) is 0 Å². The molecule has 1 amide bonds. The zero-order valence-corrected chi connectivity index (χ0v) is 15.1. The van der Waals surface area contributed by atoms with Crippen molar-refractivity contribution in [1.29, 1.82) is 0 Å². The second kappa shape index (κ2) is 8.10. The zero-order chi connectivity index (χ0) is 17.6. The highest BCUT2D eigenvalue weighted by molar-refractivity contribution is 5.76. The normalized spacial score (nSPS) is 17.4. The number of likely N-dealkylation sites (N-methyl/N-ethyl adjacent to an activating group) is 1. The number of amides is 1. The summed E-state index contributed by atoms with van der Waals surface area (Å²) in [5, 5.41) is 0. The van der Waals surface area contributed by atoms with Crippen LogP contribution in [0.1, 0.15) is 30.4 Å². The van der Waals surface area contributed by atoms with E-state index in [1.165, 1.54) is 5.56 Å². The lowest BCUT2D eigenvalue weighted by molar-refractivity contribution is -0.132. The average Bonchev–Trinajstić information content (AvgIpc) is 2.67. The Kier molecular flexibility index (Phi) is 5.64. The minimum atomic E-state index is 0.242. The van der Waals surface area contributed by atoms with Crippen LogP contribution < -0.4 is 4.90 Å². The van der Waals surface area contributed by atoms with E-state index in [0.29, 0.717) is 6.42 Å². The van der Waals surface area contributed by atoms with Crippen molar-refractivity contribution >= 4 is 11.9 Å². The summed E-state index contributed by atoms with van der Waals surface area (Å²) >= 11 is 0. The van der Waals surface area contributed by atoms with Crippen molar-refractivity contribution in [2.24, 2.45) is 0 Å². The summed E-state index contributed by atoms with van der Waals surface area (Å²) in [5.41, 5.74) is 2.27. The predicted molar refractivity (Wildman–Crippen MR) is 99.5 cm³/mol. The molecule has 1 aliphatic rings. The Balaban J connectivity index is 1.56. The minimum Gasteiger partial charge on any atom is -0.341 e. The summed E-state index contributed by atoms with van der Waals surface area (Å²) in [4.78, 5) is 25.5. The molecule has 2 heterocycles. The van der Waals surface area contributed by atoms with E-state index in [4.69, 9.17) is 0 Å². The maximum absolute atomic E-state index is 12.6. The summed E-state index contributed by atoms with van der Waals surface area (Å²) < 4.78 is 0. The van der Waals surface area contributed by atoms with Gasteiger partial charge in [0.15, 0.2) is 0 Å². The average molecular weight is 338 g/mol. The summed E-state index contributed by atoms with van der Waals surface area (Å²) in [6, 6.07) is 10.5. The van der Waals surface area contributed by atoms with Gasteiger partial charge in [-0.2, -0.15) is 0 Å². The predicted octanol–water partition coefficient (Wildman–Crippen LogP) is 2.85. The molecule has 0 spiro atoms. The summed E-state index contributed by atoms with van der Waals surface area (Å²) in [7, 11) is 2.02. The number of nitrogens with zero attached hydrogens (tertiary/aromatic N) is 4. The van der Waals surface area contributed by atoms with Gasteiger partial charge in [-0.15, -0.1) is 0 Å². The van der Waals surface area contributed by atoms with Crippen molar-refractivity contribution in [1.82, 2.24) is 14.9 Å². The van der Waals surface area contributed by atoms with Crippen molar-refractivity contribution in [3.63, 3.8) is 0 Å². The van der Waals surface area contributed by atoms with E-state index in [9.17, 15) is 4.79 Å². The number of benzene rings is 1. The number of aryl methyl sites for hydroxylation is 2. The van der Waals surface area contributed by atoms with Gasteiger partial charge in [-0.25, -0.2) is 9.97 Å². The number of anilines is 1. The van der Waals surface area contributed by atoms with Crippen molar-refractivity contribution in [2.45, 2.75) is 38.6 Å². The van der Waals surface area contributed by atoms with Gasteiger partial charge in [0.1, 0.15) is 0 Å². The van der Waals surface area contributed by atoms with Crippen LogP contribution >= 0.6 is 0 Å². The molecule has 5 heteroatoms. The van der Waals surface area contributed by atoms with Crippen LogP contribution in [-0.2, 0) is 11.2 Å². The molecule has 0 aliphatic carbocycles. The van der Waals surface area contributed by atoms with E-state index in [-0.39, 0.29) is 11.9 Å². The molecular formula is C20H26N4O. The largest absolute Gasteiger partial charge is 0.341 e. The van der Waals surface area contributed by atoms with Gasteiger partial charge >= 0.3 is 0 Å². The molecule has 0 saturated carbocycles. The molecule has 2 aromatic rings. The molecule has 0 N–H and O–H groups in total. The number of hydrogen-bond acceptors (Lipinski definition) is 4. The van der Waals surface area contributed by atoms with Gasteiger partial charge in [-0.05, 0) is 37.3 Å². The second-order valence-electron chi connectivity index (χ2n) is 6.79. The number of hydrogen-bond donors (Lipinski definition) is 0. The molecule has 1 aromatic heterocycles. The van der Waals surface area contributed by atoms with Crippen LogP contribution in [0.25, 0.3) is 0 Å². The fourth-order valence-electron chi connectivity index (χ4n) is 3.28. The summed E-state index contributed by atoms with van der Waals surface area (Å²) in [6.07, 6.45) is 7.14. The number of piperidine rings is 1. The van der Waals surface area contributed by atoms with Gasteiger partial charge in [0.05, 0.1) is 0 Å². The molecule has 0 radical (unpaired) electrons. The number of carbonyl (C=O) groups excluding carboxylic acids is 1. The van der Waals surface area contributed by atoms with Crippen molar-refractivity contribution in [2.75, 3.05) is 25.0 Å². The fraction of sp³-hybridized carbons (Fsp3) is 0.450. The first kappa shape index (κ1) is 17.4. The Hall–Kier alpha value is -2.43. The Bertz CT molecular complexity index is 687. The Morgan fingerprint density at radius 2 is 1.96 bits per heavy atom. The molecule has 5 nitrogen and oxygen atoms in total. The summed E-state index contributed by atoms with van der Waals surface area (Å²) in [6.45, 7) is 3.59. The maximum atomic E-state index is 12.6. The Morgan fingerprint density at radius 1 is 1.24 bits per heavy atom. The number of carbonyl (C=O) groups is 1. The van der Waals surface area contributed by atoms with Gasteiger partial charge in [0, 0.05) is 45.0 Å². The first-order chi connectivity index (χ1) is 12.1. The van der Waals surface area contributed by atoms with Gasteiger partial charge < -0.3 is 9.80 Å². The van der Waals surface area contributed by atoms with Crippen molar-refractivity contribution < 1.29 is 4.79 Å². The lowest BCUT2D eigenvalue weighted by Crippen LogP contribution is -2.49. The molecule has 3 rings (SSSR count). The molecule has 1 aromatic carbocycles. The monoisotopic (exact) mass is 338 g/mol. The molecule has 0 bridgehead atoms. The third-order valence-corrected chi connectivity index (χ3v) is 4.85. The van der Waals surface area contributed by atoms with E-state index < -0.39 is 0 Å². The number of likely N-dealkylation sites (tertiary alicyclic amines) is 1. The topological polar surface area (TPSA) is 49.3 Å². The standard InChI is InChI=1S/C20H26N4O/c1-16-13-21-20(22-14-16)23(2)18-9-6-12-24(15-18)19(25)11-10-17-7-4-3-5-8-17/h3-5,7-8,13-14,18H,6,9-12,15H2,1-2H3. The third kappa shape index (κ3) is 4.56. The van der Waals surface area contributed by atoms with Crippen molar-refractivity contribution in [3.05, 3.63) is 53.9 Å². The first-order valence-electron chi connectivity index (χ1n) is 8.96. The number of rotatable bonds is 5. The molecule has 1 fully saturated rings. The molecule has 1 atom stereocenters. The van der Waals surface area contributed by atoms with Crippen LogP contribution in [0.2, 0.25) is 0 Å². The highest BCUT2D eigenvalue weighted by Gasteiger charge is 2.27. The Morgan fingerprint density at radius 3 is 2.68 bits per heavy atom. The van der Waals surface area contributed by atoms with E-state index in [1.54, 1.807) is 0 Å². The van der Waals surface area contributed by atoms with Gasteiger partial charge in [-0.3, -0.25) is 4.79 Å². The second-order valence-corrected chi connectivity index (χ2v) is 6.79. The lowest BCUT2D eigenvalue weighted by Gasteiger charge is -2.37. The van der Waals surface area contributed by atoms with Crippen LogP contribution in [0.5, 0.6) is 0 Å². The van der Waals surface area contributed by atoms with Crippen LogP contribution in [0.4, 0.5) is 5.95 Å². The van der Waals surface area contributed by atoms with E-state index in [0.717, 1.165) is 43.9 Å².